The van der Waals surface area contributed by atoms with Gasteiger partial charge in [-0.3, -0.25) is 14.0 Å². The molecule has 0 atom stereocenters. The van der Waals surface area contributed by atoms with Crippen LogP contribution in [-0.2, 0) is 17.8 Å². The molecule has 3 aromatic heterocycles. The van der Waals surface area contributed by atoms with Gasteiger partial charge in [0.25, 0.3) is 11.5 Å². The second-order valence-corrected chi connectivity index (χ2v) is 8.52. The van der Waals surface area contributed by atoms with Gasteiger partial charge in [0.1, 0.15) is 17.7 Å². The second-order valence-electron chi connectivity index (χ2n) is 8.52. The highest BCUT2D eigenvalue weighted by molar-refractivity contribution is 5.99. The number of amides is 1. The zero-order valence-electron chi connectivity index (χ0n) is 17.7. The first-order chi connectivity index (χ1) is 15.6. The summed E-state index contributed by atoms with van der Waals surface area (Å²) >= 11 is 0. The van der Waals surface area contributed by atoms with E-state index in [1.54, 1.807) is 23.4 Å². The maximum atomic E-state index is 13.3. The number of aromatic nitrogens is 5. The summed E-state index contributed by atoms with van der Waals surface area (Å²) in [5, 5.41) is 0. The van der Waals surface area contributed by atoms with Gasteiger partial charge in [-0.1, -0.05) is 0 Å². The van der Waals surface area contributed by atoms with Crippen LogP contribution in [0.5, 0.6) is 0 Å². The minimum atomic E-state index is -0.214. The van der Waals surface area contributed by atoms with Crippen molar-refractivity contribution in [3.8, 4) is 0 Å². The van der Waals surface area contributed by atoms with Crippen molar-refractivity contribution in [3.63, 3.8) is 0 Å². The molecule has 1 saturated heterocycles. The van der Waals surface area contributed by atoms with Gasteiger partial charge >= 0.3 is 0 Å². The molecule has 0 unspecified atom stereocenters. The molecule has 0 spiro atoms. The minimum Gasteiger partial charge on any atom is -0.381 e. The molecule has 0 bridgehead atoms. The number of aryl methyl sites for hydroxylation is 1. The zero-order chi connectivity index (χ0) is 21.8. The molecule has 0 aliphatic carbocycles. The van der Waals surface area contributed by atoms with E-state index < -0.39 is 0 Å². The topological polar surface area (TPSA) is 105 Å². The fourth-order valence-corrected chi connectivity index (χ4v) is 4.83. The summed E-state index contributed by atoms with van der Waals surface area (Å²) < 4.78 is 7.45. The number of carbonyl (C=O) groups excluding carboxylic acids is 1. The normalized spacial score (nSPS) is 16.7. The average Bonchev–Trinajstić information content (AvgIpc) is 3.45. The van der Waals surface area contributed by atoms with Gasteiger partial charge in [0.15, 0.2) is 0 Å². The maximum absolute atomic E-state index is 13.3. The molecular formula is C23H22N6O3. The molecule has 1 aromatic carbocycles. The summed E-state index contributed by atoms with van der Waals surface area (Å²) in [6.07, 6.45) is 6.65. The number of imidazole rings is 1. The van der Waals surface area contributed by atoms with Gasteiger partial charge in [0.05, 0.1) is 29.5 Å². The Morgan fingerprint density at radius 3 is 2.78 bits per heavy atom. The highest BCUT2D eigenvalue weighted by atomic mass is 16.5. The van der Waals surface area contributed by atoms with Crippen molar-refractivity contribution < 1.29 is 9.53 Å². The molecule has 1 fully saturated rings. The summed E-state index contributed by atoms with van der Waals surface area (Å²) in [5.41, 5.74) is 5.05. The van der Waals surface area contributed by atoms with E-state index in [0.29, 0.717) is 42.9 Å². The van der Waals surface area contributed by atoms with Crippen LogP contribution in [0.15, 0.2) is 35.6 Å². The molecule has 1 amide bonds. The van der Waals surface area contributed by atoms with Crippen LogP contribution in [0.4, 0.5) is 0 Å². The molecular weight excluding hydrogens is 408 g/mol. The number of hydrogen-bond acceptors (Lipinski definition) is 6. The summed E-state index contributed by atoms with van der Waals surface area (Å²) in [7, 11) is 0. The first-order valence-corrected chi connectivity index (χ1v) is 10.8. The Morgan fingerprint density at radius 2 is 1.97 bits per heavy atom. The van der Waals surface area contributed by atoms with E-state index in [9.17, 15) is 9.59 Å². The number of benzene rings is 1. The van der Waals surface area contributed by atoms with Crippen LogP contribution >= 0.6 is 0 Å². The third-order valence-electron chi connectivity index (χ3n) is 6.54. The number of ether oxygens (including phenoxy) is 1. The Kier molecular flexibility index (Phi) is 4.32. The molecule has 2 aliphatic heterocycles. The lowest BCUT2D eigenvalue weighted by Gasteiger charge is -2.22. The predicted molar refractivity (Wildman–Crippen MR) is 116 cm³/mol. The first kappa shape index (κ1) is 19.1. The maximum Gasteiger partial charge on any atom is 0.274 e. The van der Waals surface area contributed by atoms with Crippen molar-refractivity contribution in [2.24, 2.45) is 0 Å². The van der Waals surface area contributed by atoms with Crippen LogP contribution in [0.25, 0.3) is 16.6 Å². The van der Waals surface area contributed by atoms with Crippen molar-refractivity contribution in [1.82, 2.24) is 29.2 Å². The minimum absolute atomic E-state index is 0.0846. The fraction of sp³-hybridized carbons (Fsp3) is 0.348. The second kappa shape index (κ2) is 7.23. The Labute approximate surface area is 183 Å². The number of nitrogens with zero attached hydrogens (tertiary/aromatic N) is 5. The van der Waals surface area contributed by atoms with Crippen LogP contribution in [0.1, 0.15) is 51.8 Å². The number of carbonyl (C=O) groups is 1. The fourth-order valence-electron chi connectivity index (χ4n) is 4.83. The number of rotatable bonds is 2. The smallest absolute Gasteiger partial charge is 0.274 e. The van der Waals surface area contributed by atoms with E-state index in [2.05, 4.69) is 19.9 Å². The monoisotopic (exact) mass is 430 g/mol. The van der Waals surface area contributed by atoms with Crippen molar-refractivity contribution in [2.75, 3.05) is 13.2 Å². The van der Waals surface area contributed by atoms with E-state index in [1.165, 1.54) is 6.33 Å². The Morgan fingerprint density at radius 1 is 1.12 bits per heavy atom. The summed E-state index contributed by atoms with van der Waals surface area (Å²) in [6.45, 7) is 4.26. The first-order valence-electron chi connectivity index (χ1n) is 10.8. The number of aromatic amines is 1. The summed E-state index contributed by atoms with van der Waals surface area (Å²) in [5.74, 6) is 1.03. The van der Waals surface area contributed by atoms with Crippen molar-refractivity contribution >= 4 is 22.5 Å². The average molecular weight is 430 g/mol. The van der Waals surface area contributed by atoms with Gasteiger partial charge in [-0.05, 0) is 37.5 Å². The van der Waals surface area contributed by atoms with Crippen LogP contribution in [0.3, 0.4) is 0 Å². The summed E-state index contributed by atoms with van der Waals surface area (Å²) in [6, 6.07) is 3.76. The largest absolute Gasteiger partial charge is 0.381 e. The Balaban J connectivity index is 1.45. The van der Waals surface area contributed by atoms with Crippen LogP contribution < -0.4 is 5.56 Å². The molecule has 9 nitrogen and oxygen atoms in total. The van der Waals surface area contributed by atoms with Crippen LogP contribution in [-0.4, -0.2) is 48.4 Å². The Bertz CT molecular complexity index is 1410. The van der Waals surface area contributed by atoms with Gasteiger partial charge in [0.2, 0.25) is 0 Å². The van der Waals surface area contributed by atoms with Gasteiger partial charge in [-0.15, -0.1) is 0 Å². The number of nitrogens with one attached hydrogen (secondary N) is 1. The molecule has 5 heterocycles. The van der Waals surface area contributed by atoms with Gasteiger partial charge in [-0.25, -0.2) is 15.0 Å². The SMILES string of the molecule is Cc1cc2c(cc1C(=O)N1Cc3cncnc3C1)[nH]c(=O)c1cnc(C3CCOCC3)n12. The van der Waals surface area contributed by atoms with Crippen molar-refractivity contribution in [1.29, 1.82) is 0 Å². The van der Waals surface area contributed by atoms with Gasteiger partial charge in [-0.2, -0.15) is 0 Å². The number of hydrogen-bond donors (Lipinski definition) is 1. The molecule has 9 heteroatoms. The number of H-pyrrole nitrogens is 1. The van der Waals surface area contributed by atoms with Crippen molar-refractivity contribution in [3.05, 3.63) is 69.4 Å². The van der Waals surface area contributed by atoms with Gasteiger partial charge < -0.3 is 14.6 Å². The van der Waals surface area contributed by atoms with E-state index >= 15 is 0 Å². The highest BCUT2D eigenvalue weighted by Crippen LogP contribution is 2.29. The van der Waals surface area contributed by atoms with E-state index in [-0.39, 0.29) is 17.4 Å². The molecule has 0 saturated carbocycles. The molecule has 4 aromatic rings. The molecule has 1 N–H and O–H groups in total. The molecule has 0 radical (unpaired) electrons. The molecule has 2 aliphatic rings. The van der Waals surface area contributed by atoms with Crippen LogP contribution in [0.2, 0.25) is 0 Å². The lowest BCUT2D eigenvalue weighted by Crippen LogP contribution is -2.26. The highest BCUT2D eigenvalue weighted by Gasteiger charge is 2.27. The van der Waals surface area contributed by atoms with E-state index in [4.69, 9.17) is 4.74 Å². The summed E-state index contributed by atoms with van der Waals surface area (Å²) in [4.78, 5) is 43.8. The third-order valence-corrected chi connectivity index (χ3v) is 6.54. The van der Waals surface area contributed by atoms with Crippen LogP contribution in [0, 0.1) is 6.92 Å². The van der Waals surface area contributed by atoms with Crippen molar-refractivity contribution in [2.45, 2.75) is 38.8 Å². The lowest BCUT2D eigenvalue weighted by molar-refractivity contribution is 0.0749. The third kappa shape index (κ3) is 2.92. The van der Waals surface area contributed by atoms with Gasteiger partial charge in [0, 0.05) is 43.0 Å². The molecule has 162 valence electrons. The quantitative estimate of drug-likeness (QED) is 0.523. The molecule has 32 heavy (non-hydrogen) atoms. The predicted octanol–water partition coefficient (Wildman–Crippen LogP) is 2.32. The molecule has 6 rings (SSSR count). The van der Waals surface area contributed by atoms with E-state index in [1.807, 2.05) is 17.4 Å². The zero-order valence-corrected chi connectivity index (χ0v) is 17.7. The van der Waals surface area contributed by atoms with E-state index in [0.717, 1.165) is 41.0 Å². The number of fused-ring (bicyclic) bond motifs is 4. The standard InChI is InChI=1S/C23H22N6O3/c1-13-6-19-17(7-16(13)23(31)28-10-15-8-24-12-26-18(15)11-28)27-22(30)20-9-25-21(29(19)20)14-2-4-32-5-3-14/h6-9,12,14H,2-5,10-11H2,1H3,(H,27,30). The lowest BCUT2D eigenvalue weighted by atomic mass is 9.99. The Hall–Kier alpha value is -3.59.